The molecule has 15 heteroatoms. The number of hydrogen-bond acceptors (Lipinski definition) is 8. The number of H-pyrrole nitrogens is 1. The molecule has 0 saturated carbocycles. The molecule has 1 aliphatic heterocycles. The molecule has 1 amide bonds. The number of aromatic amines is 1. The van der Waals surface area contributed by atoms with Crippen molar-refractivity contribution in [2.75, 3.05) is 0 Å². The molecule has 8 atom stereocenters. The number of ether oxygens (including phenoxy) is 1. The number of carboxylic acid groups (broad SMARTS) is 1. The number of carbonyl (C=O) groups is 2. The van der Waals surface area contributed by atoms with E-state index in [-0.39, 0.29) is 48.3 Å². The molecule has 3 rings (SSSR count). The van der Waals surface area contributed by atoms with Crippen LogP contribution in [0.4, 0.5) is 0 Å². The number of aliphatic carboxylic acids is 1. The van der Waals surface area contributed by atoms with Crippen molar-refractivity contribution in [3.63, 3.8) is 0 Å². The predicted octanol–water partition coefficient (Wildman–Crippen LogP) is -0.152. The van der Waals surface area contributed by atoms with Gasteiger partial charge in [0.05, 0.1) is 12.1 Å². The summed E-state index contributed by atoms with van der Waals surface area (Å²) in [7, 11) is -4.83. The van der Waals surface area contributed by atoms with Crippen molar-refractivity contribution in [3.8, 4) is 0 Å². The standard InChI is InChI=1S/C23H34N3O10P.Na/c1-11(2)8-16(26-37(33,34)36-23-20(29)19(28)18(27)12(3)35-23)21(30)25-17(22(31)32)9-13-10-24-15-7-5-4-6-14(13)15;/h4-7,10-12,16-20,23-24,27-29H,8-9H2,1-3H3,(H,25,30)(H,31,32)(H2,26,33,34);/t12-,16-,17-,18-,19+,20+,23-;/m0./s1. The number of carbonyl (C=O) groups excluding carboxylic acids is 1. The SMILES string of the molecule is CC(C)C[C@H](NP(=O)(O)O[C@@H]1O[C@@H](C)[C@H](O)[C@@H](O)[C@H]1O)C(=O)N[C@@H](Cc1c[nH]c2ccccc12)C(=O)O.[Na]. The molecule has 1 fully saturated rings. The van der Waals surface area contributed by atoms with E-state index in [1.807, 2.05) is 24.3 Å². The Morgan fingerprint density at radius 2 is 1.79 bits per heavy atom. The molecule has 207 valence electrons. The number of para-hydroxylation sites is 1. The first kappa shape index (κ1) is 32.9. The summed E-state index contributed by atoms with van der Waals surface area (Å²) in [5.74, 6) is -2.27. The summed E-state index contributed by atoms with van der Waals surface area (Å²) in [6.45, 7) is 4.90. The molecule has 1 aliphatic rings. The summed E-state index contributed by atoms with van der Waals surface area (Å²) in [6.07, 6.45) is -6.08. The van der Waals surface area contributed by atoms with Crippen molar-refractivity contribution in [2.24, 2.45) is 5.92 Å². The monoisotopic (exact) mass is 566 g/mol. The fraction of sp³-hybridized carbons (Fsp3) is 0.565. The Morgan fingerprint density at radius 1 is 1.13 bits per heavy atom. The molecule has 1 aromatic heterocycles. The van der Waals surface area contributed by atoms with Crippen LogP contribution in [0, 0.1) is 5.92 Å². The Hall–Kier alpha value is -1.35. The number of benzene rings is 1. The second-order valence-electron chi connectivity index (χ2n) is 9.58. The van der Waals surface area contributed by atoms with Gasteiger partial charge in [-0.05, 0) is 30.9 Å². The molecule has 2 aromatic rings. The summed E-state index contributed by atoms with van der Waals surface area (Å²) in [6, 6.07) is 4.63. The first-order valence-corrected chi connectivity index (χ1v) is 13.4. The predicted molar refractivity (Wildman–Crippen MR) is 137 cm³/mol. The molecular weight excluding hydrogens is 532 g/mol. The van der Waals surface area contributed by atoms with Gasteiger partial charge in [0.1, 0.15) is 24.4 Å². The third-order valence-electron chi connectivity index (χ3n) is 6.11. The van der Waals surface area contributed by atoms with E-state index in [0.29, 0.717) is 5.56 Å². The Balaban J connectivity index is 0.00000507. The largest absolute Gasteiger partial charge is 0.480 e. The average molecular weight is 567 g/mol. The number of rotatable bonds is 11. The Bertz CT molecular complexity index is 1150. The van der Waals surface area contributed by atoms with Crippen LogP contribution in [-0.4, -0.2) is 115 Å². The molecular formula is C23H34N3NaO10P. The minimum absolute atomic E-state index is 0. The van der Waals surface area contributed by atoms with Crippen molar-refractivity contribution in [1.82, 2.24) is 15.4 Å². The van der Waals surface area contributed by atoms with Crippen molar-refractivity contribution in [3.05, 3.63) is 36.0 Å². The van der Waals surface area contributed by atoms with Crippen LogP contribution in [0.2, 0.25) is 0 Å². The van der Waals surface area contributed by atoms with E-state index in [1.165, 1.54) is 6.92 Å². The Labute approximate surface area is 241 Å². The molecule has 13 nitrogen and oxygen atoms in total. The molecule has 0 bridgehead atoms. The second kappa shape index (κ2) is 13.8. The maximum atomic E-state index is 13.1. The Kier molecular flexibility index (Phi) is 12.0. The number of aliphatic hydroxyl groups excluding tert-OH is 3. The van der Waals surface area contributed by atoms with E-state index in [9.17, 15) is 39.5 Å². The van der Waals surface area contributed by atoms with Gasteiger partial charge in [0.15, 0.2) is 6.29 Å². The normalized spacial score (nSPS) is 26.8. The van der Waals surface area contributed by atoms with Crippen LogP contribution in [0.3, 0.4) is 0 Å². The molecule has 0 aliphatic carbocycles. The number of nitrogens with one attached hydrogen (secondary N) is 3. The number of hydrogen-bond donors (Lipinski definition) is 8. The van der Waals surface area contributed by atoms with Crippen molar-refractivity contribution < 1.29 is 48.7 Å². The number of aliphatic hydroxyl groups is 3. The van der Waals surface area contributed by atoms with Gasteiger partial charge in [-0.1, -0.05) is 32.0 Å². The van der Waals surface area contributed by atoms with Crippen LogP contribution in [0.5, 0.6) is 0 Å². The maximum Gasteiger partial charge on any atom is 0.406 e. The summed E-state index contributed by atoms with van der Waals surface area (Å²) < 4.78 is 23.0. The minimum atomic E-state index is -4.83. The van der Waals surface area contributed by atoms with Gasteiger partial charge in [0.2, 0.25) is 5.91 Å². The molecule has 1 radical (unpaired) electrons. The number of carboxylic acids is 1. The van der Waals surface area contributed by atoms with E-state index in [1.54, 1.807) is 20.0 Å². The third-order valence-corrected chi connectivity index (χ3v) is 7.24. The van der Waals surface area contributed by atoms with Crippen LogP contribution in [-0.2, 0) is 29.8 Å². The zero-order valence-corrected chi connectivity index (χ0v) is 24.5. The van der Waals surface area contributed by atoms with Crippen LogP contribution < -0.4 is 10.4 Å². The van der Waals surface area contributed by atoms with E-state index in [4.69, 9.17) is 9.26 Å². The topological polar surface area (TPSA) is 211 Å². The summed E-state index contributed by atoms with van der Waals surface area (Å²) in [5.41, 5.74) is 1.48. The zero-order chi connectivity index (χ0) is 27.5. The summed E-state index contributed by atoms with van der Waals surface area (Å²) in [5, 5.41) is 45.0. The average Bonchev–Trinajstić information content (AvgIpc) is 3.22. The molecule has 8 N–H and O–H groups in total. The quantitative estimate of drug-likeness (QED) is 0.132. The van der Waals surface area contributed by atoms with Gasteiger partial charge in [-0.15, -0.1) is 0 Å². The van der Waals surface area contributed by atoms with Crippen LogP contribution in [0.15, 0.2) is 30.5 Å². The fourth-order valence-electron chi connectivity index (χ4n) is 4.15. The van der Waals surface area contributed by atoms with Gasteiger partial charge in [0, 0.05) is 53.1 Å². The Morgan fingerprint density at radius 3 is 2.42 bits per heavy atom. The molecule has 2 heterocycles. The first-order valence-electron chi connectivity index (χ1n) is 11.9. The second-order valence-corrected chi connectivity index (χ2v) is 11.1. The molecule has 1 aromatic carbocycles. The van der Waals surface area contributed by atoms with Crippen molar-refractivity contribution in [2.45, 2.75) is 76.4 Å². The molecule has 38 heavy (non-hydrogen) atoms. The van der Waals surface area contributed by atoms with E-state index in [0.717, 1.165) is 10.9 Å². The van der Waals surface area contributed by atoms with Crippen molar-refractivity contribution >= 4 is 60.1 Å². The zero-order valence-electron chi connectivity index (χ0n) is 21.6. The summed E-state index contributed by atoms with van der Waals surface area (Å²) in [4.78, 5) is 38.5. The maximum absolute atomic E-state index is 13.1. The van der Waals surface area contributed by atoms with Gasteiger partial charge in [-0.2, -0.15) is 0 Å². The van der Waals surface area contributed by atoms with E-state index < -0.39 is 62.4 Å². The van der Waals surface area contributed by atoms with Crippen LogP contribution in [0.1, 0.15) is 32.8 Å². The van der Waals surface area contributed by atoms with Gasteiger partial charge in [0.25, 0.3) is 0 Å². The first-order chi connectivity index (χ1) is 17.3. The van der Waals surface area contributed by atoms with E-state index in [2.05, 4.69) is 15.4 Å². The van der Waals surface area contributed by atoms with Gasteiger partial charge in [-0.3, -0.25) is 9.32 Å². The van der Waals surface area contributed by atoms with Gasteiger partial charge >= 0.3 is 13.7 Å². The fourth-order valence-corrected chi connectivity index (χ4v) is 5.28. The summed E-state index contributed by atoms with van der Waals surface area (Å²) >= 11 is 0. The van der Waals surface area contributed by atoms with Crippen LogP contribution in [0.25, 0.3) is 10.9 Å². The number of fused-ring (bicyclic) bond motifs is 1. The molecule has 0 spiro atoms. The third kappa shape index (κ3) is 8.33. The van der Waals surface area contributed by atoms with Crippen molar-refractivity contribution in [1.29, 1.82) is 0 Å². The van der Waals surface area contributed by atoms with Gasteiger partial charge < -0.3 is 40.4 Å². The van der Waals surface area contributed by atoms with E-state index >= 15 is 0 Å². The molecule has 1 saturated heterocycles. The van der Waals surface area contributed by atoms with Gasteiger partial charge in [-0.25, -0.2) is 14.4 Å². The minimum Gasteiger partial charge on any atom is -0.480 e. The molecule has 1 unspecified atom stereocenters. The smallest absolute Gasteiger partial charge is 0.406 e. The van der Waals surface area contributed by atoms with Crippen LogP contribution >= 0.6 is 7.75 Å². The number of amides is 1. The number of aromatic nitrogens is 1.